The van der Waals surface area contributed by atoms with Crippen LogP contribution >= 0.6 is 11.3 Å². The number of aromatic nitrogens is 2. The molecule has 0 spiro atoms. The number of pyridine rings is 1. The van der Waals surface area contributed by atoms with Crippen molar-refractivity contribution < 1.29 is 9.90 Å². The molecule has 23 heavy (non-hydrogen) atoms. The van der Waals surface area contributed by atoms with E-state index >= 15 is 0 Å². The number of aryl methyl sites for hydroxylation is 1. The van der Waals surface area contributed by atoms with Gasteiger partial charge in [0.1, 0.15) is 5.69 Å². The highest BCUT2D eigenvalue weighted by atomic mass is 32.1. The Morgan fingerprint density at radius 3 is 2.91 bits per heavy atom. The largest absolute Gasteiger partial charge is 0.391 e. The minimum Gasteiger partial charge on any atom is -0.391 e. The maximum absolute atomic E-state index is 12.6. The number of rotatable bonds is 5. The molecule has 0 aliphatic carbocycles. The highest BCUT2D eigenvalue weighted by molar-refractivity contribution is 7.09. The Hall–Kier alpha value is -1.79. The Balaban J connectivity index is 1.64. The van der Waals surface area contributed by atoms with Crippen LogP contribution in [-0.4, -0.2) is 45.1 Å². The number of nitrogens with zero attached hydrogens (tertiary/aromatic N) is 3. The van der Waals surface area contributed by atoms with Gasteiger partial charge in [-0.2, -0.15) is 0 Å². The lowest BCUT2D eigenvalue weighted by atomic mass is 9.97. The second-order valence-corrected chi connectivity index (χ2v) is 6.92. The summed E-state index contributed by atoms with van der Waals surface area (Å²) in [6.45, 7) is 3.06. The summed E-state index contributed by atoms with van der Waals surface area (Å²) in [7, 11) is 0. The number of likely N-dealkylation sites (tertiary alicyclic amines) is 1. The SMILES string of the molecule is CCCc1nc(C(=O)N2CC(O)C(Cc3ccncc3)C2)cs1. The van der Waals surface area contributed by atoms with Gasteiger partial charge in [0, 0.05) is 36.8 Å². The molecule has 1 fully saturated rings. The van der Waals surface area contributed by atoms with E-state index in [1.165, 1.54) is 11.3 Å². The van der Waals surface area contributed by atoms with Crippen molar-refractivity contribution in [2.45, 2.75) is 32.3 Å². The Morgan fingerprint density at radius 2 is 2.17 bits per heavy atom. The maximum atomic E-state index is 12.6. The molecular weight excluding hydrogens is 310 g/mol. The lowest BCUT2D eigenvalue weighted by Crippen LogP contribution is -2.29. The average molecular weight is 331 g/mol. The van der Waals surface area contributed by atoms with Crippen molar-refractivity contribution in [1.29, 1.82) is 0 Å². The van der Waals surface area contributed by atoms with Crippen LogP contribution in [0.2, 0.25) is 0 Å². The number of carbonyl (C=O) groups excluding carboxylic acids is 1. The van der Waals surface area contributed by atoms with Crippen LogP contribution in [0.1, 0.15) is 34.4 Å². The van der Waals surface area contributed by atoms with Crippen LogP contribution in [0.15, 0.2) is 29.9 Å². The lowest BCUT2D eigenvalue weighted by molar-refractivity contribution is 0.0759. The molecule has 0 radical (unpaired) electrons. The molecule has 3 rings (SSSR count). The van der Waals surface area contributed by atoms with Crippen molar-refractivity contribution in [1.82, 2.24) is 14.9 Å². The van der Waals surface area contributed by atoms with E-state index in [1.807, 2.05) is 17.5 Å². The van der Waals surface area contributed by atoms with Gasteiger partial charge in [-0.25, -0.2) is 4.98 Å². The molecule has 3 heterocycles. The normalized spacial score (nSPS) is 20.9. The molecule has 1 aliphatic rings. The van der Waals surface area contributed by atoms with E-state index < -0.39 is 6.10 Å². The van der Waals surface area contributed by atoms with Gasteiger partial charge in [0.15, 0.2) is 0 Å². The van der Waals surface area contributed by atoms with Gasteiger partial charge < -0.3 is 10.0 Å². The van der Waals surface area contributed by atoms with Crippen LogP contribution in [0.25, 0.3) is 0 Å². The summed E-state index contributed by atoms with van der Waals surface area (Å²) in [5.74, 6) is -0.00465. The highest BCUT2D eigenvalue weighted by Gasteiger charge is 2.35. The summed E-state index contributed by atoms with van der Waals surface area (Å²) in [4.78, 5) is 22.7. The van der Waals surface area contributed by atoms with Crippen molar-refractivity contribution in [3.8, 4) is 0 Å². The molecule has 2 aromatic rings. The van der Waals surface area contributed by atoms with Crippen molar-refractivity contribution in [2.24, 2.45) is 5.92 Å². The quantitative estimate of drug-likeness (QED) is 0.912. The number of carbonyl (C=O) groups is 1. The molecule has 0 bridgehead atoms. The van der Waals surface area contributed by atoms with Crippen LogP contribution in [0.4, 0.5) is 0 Å². The standard InChI is InChI=1S/C17H21N3O2S/c1-2-3-16-19-14(11-23-16)17(22)20-9-13(15(21)10-20)8-12-4-6-18-7-5-12/h4-7,11,13,15,21H,2-3,8-10H2,1H3. The van der Waals surface area contributed by atoms with E-state index in [0.29, 0.717) is 18.8 Å². The van der Waals surface area contributed by atoms with Crippen molar-refractivity contribution in [2.75, 3.05) is 13.1 Å². The fraction of sp³-hybridized carbons (Fsp3) is 0.471. The Kier molecular flexibility index (Phi) is 5.03. The zero-order valence-corrected chi connectivity index (χ0v) is 14.0. The molecule has 122 valence electrons. The Labute approximate surface area is 140 Å². The predicted octanol–water partition coefficient (Wildman–Crippen LogP) is 2.17. The first-order chi connectivity index (χ1) is 11.2. The summed E-state index contributed by atoms with van der Waals surface area (Å²) < 4.78 is 0. The number of aliphatic hydroxyl groups is 1. The molecule has 5 nitrogen and oxygen atoms in total. The topological polar surface area (TPSA) is 66.3 Å². The fourth-order valence-electron chi connectivity index (χ4n) is 2.94. The molecule has 2 atom stereocenters. The number of aliphatic hydroxyl groups excluding tert-OH is 1. The zero-order valence-electron chi connectivity index (χ0n) is 13.2. The van der Waals surface area contributed by atoms with E-state index in [-0.39, 0.29) is 11.8 Å². The third kappa shape index (κ3) is 3.76. The third-order valence-electron chi connectivity index (χ3n) is 4.18. The summed E-state index contributed by atoms with van der Waals surface area (Å²) >= 11 is 1.54. The number of thiazole rings is 1. The molecule has 0 aromatic carbocycles. The predicted molar refractivity (Wildman–Crippen MR) is 89.5 cm³/mol. The Bertz CT molecular complexity index is 659. The van der Waals surface area contributed by atoms with Crippen LogP contribution in [0.5, 0.6) is 0 Å². The second-order valence-electron chi connectivity index (χ2n) is 5.97. The van der Waals surface area contributed by atoms with Gasteiger partial charge in [-0.15, -0.1) is 11.3 Å². The van der Waals surface area contributed by atoms with Gasteiger partial charge >= 0.3 is 0 Å². The summed E-state index contributed by atoms with van der Waals surface area (Å²) in [5.41, 5.74) is 1.65. The molecular formula is C17H21N3O2S. The smallest absolute Gasteiger partial charge is 0.273 e. The number of hydrogen-bond donors (Lipinski definition) is 1. The summed E-state index contributed by atoms with van der Waals surface area (Å²) in [6, 6.07) is 3.91. The fourth-order valence-corrected chi connectivity index (χ4v) is 3.82. The minimum atomic E-state index is -0.485. The molecule has 6 heteroatoms. The van der Waals surface area contributed by atoms with E-state index in [2.05, 4.69) is 16.9 Å². The van der Waals surface area contributed by atoms with E-state index in [0.717, 1.165) is 29.8 Å². The van der Waals surface area contributed by atoms with Crippen molar-refractivity contribution >= 4 is 17.2 Å². The molecule has 2 unspecified atom stereocenters. The minimum absolute atomic E-state index is 0.0649. The van der Waals surface area contributed by atoms with Gasteiger partial charge in [-0.3, -0.25) is 9.78 Å². The van der Waals surface area contributed by atoms with Gasteiger partial charge in [-0.05, 0) is 37.0 Å². The third-order valence-corrected chi connectivity index (χ3v) is 5.08. The molecule has 1 saturated heterocycles. The molecule has 2 aromatic heterocycles. The van der Waals surface area contributed by atoms with E-state index in [1.54, 1.807) is 17.3 Å². The van der Waals surface area contributed by atoms with Gasteiger partial charge in [0.05, 0.1) is 11.1 Å². The number of β-amino-alcohol motifs (C(OH)–C–C–N with tert-alkyl or cyclic N) is 1. The monoisotopic (exact) mass is 331 g/mol. The summed E-state index contributed by atoms with van der Waals surface area (Å²) in [6.07, 6.45) is 5.71. The van der Waals surface area contributed by atoms with Gasteiger partial charge in [0.2, 0.25) is 0 Å². The van der Waals surface area contributed by atoms with E-state index in [4.69, 9.17) is 0 Å². The van der Waals surface area contributed by atoms with Crippen LogP contribution in [0.3, 0.4) is 0 Å². The second kappa shape index (κ2) is 7.19. The Morgan fingerprint density at radius 1 is 1.39 bits per heavy atom. The first-order valence-corrected chi connectivity index (χ1v) is 8.86. The van der Waals surface area contributed by atoms with E-state index in [9.17, 15) is 9.90 Å². The zero-order chi connectivity index (χ0) is 16.2. The molecule has 1 N–H and O–H groups in total. The summed E-state index contributed by atoms with van der Waals surface area (Å²) in [5, 5.41) is 13.1. The number of hydrogen-bond acceptors (Lipinski definition) is 5. The van der Waals surface area contributed by atoms with Crippen molar-refractivity contribution in [3.05, 3.63) is 46.2 Å². The highest BCUT2D eigenvalue weighted by Crippen LogP contribution is 2.23. The van der Waals surface area contributed by atoms with Gasteiger partial charge in [0.25, 0.3) is 5.91 Å². The maximum Gasteiger partial charge on any atom is 0.273 e. The first kappa shape index (κ1) is 16.1. The number of amides is 1. The van der Waals surface area contributed by atoms with Gasteiger partial charge in [-0.1, -0.05) is 6.92 Å². The first-order valence-electron chi connectivity index (χ1n) is 7.98. The van der Waals surface area contributed by atoms with Crippen LogP contribution in [-0.2, 0) is 12.8 Å². The lowest BCUT2D eigenvalue weighted by Gasteiger charge is -2.14. The van der Waals surface area contributed by atoms with Crippen molar-refractivity contribution in [3.63, 3.8) is 0 Å². The average Bonchev–Trinajstić information content (AvgIpc) is 3.16. The molecule has 1 aliphatic heterocycles. The van der Waals surface area contributed by atoms with Crippen LogP contribution < -0.4 is 0 Å². The molecule has 1 amide bonds. The van der Waals surface area contributed by atoms with Crippen LogP contribution in [0, 0.1) is 5.92 Å². The molecule has 0 saturated carbocycles.